The van der Waals surface area contributed by atoms with Crippen molar-refractivity contribution in [2.45, 2.75) is 43.7 Å². The molecule has 3 aliphatic rings. The Balaban J connectivity index is 1.72. The maximum atomic E-state index is 11.1. The van der Waals surface area contributed by atoms with E-state index in [0.717, 1.165) is 55.7 Å². The van der Waals surface area contributed by atoms with Crippen LogP contribution in [0.2, 0.25) is 0 Å². The van der Waals surface area contributed by atoms with Crippen molar-refractivity contribution in [2.24, 2.45) is 5.92 Å². The minimum Gasteiger partial charge on any atom is -0.454 e. The molecule has 1 aliphatic carbocycles. The minimum absolute atomic E-state index is 0.0724. The van der Waals surface area contributed by atoms with Crippen molar-refractivity contribution in [1.82, 2.24) is 4.90 Å². The molecular weight excluding hydrogens is 292 g/mol. The first kappa shape index (κ1) is 14.8. The highest BCUT2D eigenvalue weighted by Crippen LogP contribution is 2.50. The summed E-state index contributed by atoms with van der Waals surface area (Å²) in [7, 11) is 0. The lowest BCUT2D eigenvalue weighted by molar-refractivity contribution is -0.121. The average Bonchev–Trinajstić information content (AvgIpc) is 3.02. The van der Waals surface area contributed by atoms with Gasteiger partial charge in [0.15, 0.2) is 11.5 Å². The van der Waals surface area contributed by atoms with Gasteiger partial charge in [-0.05, 0) is 37.0 Å². The van der Waals surface area contributed by atoms with Crippen molar-refractivity contribution >= 4 is 0 Å². The lowest BCUT2D eigenvalue weighted by Crippen LogP contribution is -2.54. The fourth-order valence-electron chi connectivity index (χ4n) is 4.55. The minimum atomic E-state index is -0.592. The van der Waals surface area contributed by atoms with E-state index in [0.29, 0.717) is 6.54 Å². The second-order valence-corrected chi connectivity index (χ2v) is 6.89. The highest BCUT2D eigenvalue weighted by Gasteiger charge is 2.48. The first-order chi connectivity index (χ1) is 11.2. The summed E-state index contributed by atoms with van der Waals surface area (Å²) in [5.74, 6) is 1.72. The molecule has 5 nitrogen and oxygen atoms in total. The van der Waals surface area contributed by atoms with Crippen molar-refractivity contribution in [3.8, 4) is 17.6 Å². The van der Waals surface area contributed by atoms with Gasteiger partial charge in [-0.3, -0.25) is 4.90 Å². The van der Waals surface area contributed by atoms with Crippen molar-refractivity contribution in [3.05, 3.63) is 23.8 Å². The van der Waals surface area contributed by atoms with Crippen molar-refractivity contribution in [2.75, 3.05) is 19.9 Å². The monoisotopic (exact) mass is 314 g/mol. The lowest BCUT2D eigenvalue weighted by Gasteiger charge is -2.52. The normalized spacial score (nSPS) is 33.0. The van der Waals surface area contributed by atoms with Crippen LogP contribution in [0.3, 0.4) is 0 Å². The molecule has 2 heterocycles. The fraction of sp³-hybridized carbons (Fsp3) is 0.611. The summed E-state index contributed by atoms with van der Waals surface area (Å²) in [6.45, 7) is 1.42. The van der Waals surface area contributed by atoms with E-state index in [1.54, 1.807) is 0 Å². The molecule has 5 heteroatoms. The predicted octanol–water partition coefficient (Wildman–Crippen LogP) is 2.61. The average molecular weight is 314 g/mol. The second-order valence-electron chi connectivity index (χ2n) is 6.89. The van der Waals surface area contributed by atoms with Gasteiger partial charge >= 0.3 is 0 Å². The van der Waals surface area contributed by atoms with E-state index in [1.807, 2.05) is 12.1 Å². The molecular formula is C18H22N2O3. The molecule has 0 bridgehead atoms. The van der Waals surface area contributed by atoms with Crippen LogP contribution in [0.5, 0.6) is 11.5 Å². The number of ether oxygens (including phenoxy) is 2. The van der Waals surface area contributed by atoms with Gasteiger partial charge in [0.25, 0.3) is 0 Å². The Kier molecular flexibility index (Phi) is 3.67. The summed E-state index contributed by atoms with van der Waals surface area (Å²) < 4.78 is 10.9. The highest BCUT2D eigenvalue weighted by atomic mass is 16.7. The van der Waals surface area contributed by atoms with E-state index in [2.05, 4.69) is 17.0 Å². The molecule has 1 saturated heterocycles. The Morgan fingerprint density at radius 1 is 1.26 bits per heavy atom. The van der Waals surface area contributed by atoms with Gasteiger partial charge in [0.1, 0.15) is 0 Å². The fourth-order valence-corrected chi connectivity index (χ4v) is 4.55. The van der Waals surface area contributed by atoms with Crippen LogP contribution in [0.4, 0.5) is 0 Å². The van der Waals surface area contributed by atoms with Gasteiger partial charge in [0.2, 0.25) is 6.79 Å². The highest BCUT2D eigenvalue weighted by molar-refractivity contribution is 5.45. The summed E-state index contributed by atoms with van der Waals surface area (Å²) >= 11 is 0. The van der Waals surface area contributed by atoms with Crippen LogP contribution in [-0.4, -0.2) is 35.5 Å². The van der Waals surface area contributed by atoms with Crippen LogP contribution in [0.1, 0.15) is 43.7 Å². The van der Waals surface area contributed by atoms with Crippen LogP contribution in [0, 0.1) is 17.2 Å². The van der Waals surface area contributed by atoms with Gasteiger partial charge in [-0.15, -0.1) is 0 Å². The van der Waals surface area contributed by atoms with Crippen LogP contribution in [-0.2, 0) is 0 Å². The number of benzene rings is 1. The van der Waals surface area contributed by atoms with Gasteiger partial charge in [-0.1, -0.05) is 18.9 Å². The molecule has 1 aromatic rings. The third-order valence-electron chi connectivity index (χ3n) is 5.68. The summed E-state index contributed by atoms with van der Waals surface area (Å²) in [6, 6.07) is 8.39. The molecule has 1 saturated carbocycles. The number of nitriles is 1. The molecule has 0 amide bonds. The summed E-state index contributed by atoms with van der Waals surface area (Å²) in [6.07, 6.45) is 4.89. The number of rotatable bonds is 2. The van der Waals surface area contributed by atoms with Gasteiger partial charge in [0, 0.05) is 18.5 Å². The number of aliphatic hydroxyl groups is 1. The number of fused-ring (bicyclic) bond motifs is 2. The maximum absolute atomic E-state index is 11.1. The Hall–Kier alpha value is -1.77. The molecule has 1 unspecified atom stereocenters. The van der Waals surface area contributed by atoms with E-state index < -0.39 is 5.60 Å². The molecule has 4 rings (SSSR count). The molecule has 0 aromatic heterocycles. The third-order valence-corrected chi connectivity index (χ3v) is 5.68. The largest absolute Gasteiger partial charge is 0.454 e. The van der Waals surface area contributed by atoms with Crippen LogP contribution < -0.4 is 9.47 Å². The predicted molar refractivity (Wildman–Crippen MR) is 84.0 cm³/mol. The van der Waals surface area contributed by atoms with E-state index >= 15 is 0 Å². The molecule has 122 valence electrons. The quantitative estimate of drug-likeness (QED) is 0.850. The number of hydrogen-bond acceptors (Lipinski definition) is 5. The molecule has 3 atom stereocenters. The third kappa shape index (κ3) is 2.46. The maximum Gasteiger partial charge on any atom is 0.231 e. The Bertz CT molecular complexity index is 642. The van der Waals surface area contributed by atoms with Crippen LogP contribution in [0.15, 0.2) is 18.2 Å². The Labute approximate surface area is 136 Å². The van der Waals surface area contributed by atoms with Gasteiger partial charge in [-0.25, -0.2) is 0 Å². The van der Waals surface area contributed by atoms with Crippen molar-refractivity contribution < 1.29 is 14.6 Å². The number of piperidine rings is 1. The number of nitrogens with zero attached hydrogens (tertiary/aromatic N) is 2. The SMILES string of the molecule is N#CCN1CC[C@@]2(O)CCCC[C@H]2C1c1ccc2c(c1)OCO2. The Morgan fingerprint density at radius 2 is 2.13 bits per heavy atom. The molecule has 1 N–H and O–H groups in total. The Morgan fingerprint density at radius 3 is 3.00 bits per heavy atom. The molecule has 0 radical (unpaired) electrons. The molecule has 1 aromatic carbocycles. The van der Waals surface area contributed by atoms with Gasteiger partial charge < -0.3 is 14.6 Å². The van der Waals surface area contributed by atoms with Crippen LogP contribution >= 0.6 is 0 Å². The summed E-state index contributed by atoms with van der Waals surface area (Å²) in [5, 5.41) is 20.3. The summed E-state index contributed by atoms with van der Waals surface area (Å²) in [4.78, 5) is 2.21. The topological polar surface area (TPSA) is 65.7 Å². The van der Waals surface area contributed by atoms with E-state index in [1.165, 1.54) is 0 Å². The zero-order valence-corrected chi connectivity index (χ0v) is 13.2. The van der Waals surface area contributed by atoms with Crippen LogP contribution in [0.25, 0.3) is 0 Å². The lowest BCUT2D eigenvalue weighted by atomic mass is 9.66. The van der Waals surface area contributed by atoms with E-state index in [9.17, 15) is 10.4 Å². The van der Waals surface area contributed by atoms with Gasteiger partial charge in [0.05, 0.1) is 18.2 Å². The molecule has 23 heavy (non-hydrogen) atoms. The first-order valence-corrected chi connectivity index (χ1v) is 8.44. The zero-order valence-electron chi connectivity index (χ0n) is 13.2. The van der Waals surface area contributed by atoms with Crippen molar-refractivity contribution in [3.63, 3.8) is 0 Å². The second kappa shape index (κ2) is 5.70. The first-order valence-electron chi connectivity index (χ1n) is 8.44. The van der Waals surface area contributed by atoms with E-state index in [4.69, 9.17) is 9.47 Å². The van der Waals surface area contributed by atoms with E-state index in [-0.39, 0.29) is 18.8 Å². The van der Waals surface area contributed by atoms with Gasteiger partial charge in [-0.2, -0.15) is 5.26 Å². The molecule has 2 aliphatic heterocycles. The number of hydrogen-bond donors (Lipinski definition) is 1. The summed E-state index contributed by atoms with van der Waals surface area (Å²) in [5.41, 5.74) is 0.528. The molecule has 2 fully saturated rings. The zero-order chi connectivity index (χ0) is 15.9. The number of likely N-dealkylation sites (tertiary alicyclic amines) is 1. The smallest absolute Gasteiger partial charge is 0.231 e. The molecule has 0 spiro atoms. The standard InChI is InChI=1S/C18H22N2O3/c19-8-10-20-9-7-18(21)6-2-1-3-14(18)17(20)13-4-5-15-16(11-13)23-12-22-15/h4-5,11,14,17,21H,1-3,6-7,9-10,12H2/t14-,17?,18-/m0/s1. The van der Waals surface area contributed by atoms with Crippen molar-refractivity contribution in [1.29, 1.82) is 5.26 Å².